The van der Waals surface area contributed by atoms with Crippen LogP contribution in [0.3, 0.4) is 0 Å². The highest BCUT2D eigenvalue weighted by Crippen LogP contribution is 2.24. The number of carbonyl (C=O) groups is 1. The minimum atomic E-state index is -0.957. The number of hydrogen-bond donors (Lipinski definition) is 1. The Morgan fingerprint density at radius 1 is 1.48 bits per heavy atom. The summed E-state index contributed by atoms with van der Waals surface area (Å²) in [5.74, 6) is -0.506. The van der Waals surface area contributed by atoms with E-state index in [0.29, 0.717) is 18.5 Å². The summed E-state index contributed by atoms with van der Waals surface area (Å²) < 4.78 is 24.1. The topological polar surface area (TPSA) is 75.8 Å². The number of halogens is 1. The Balaban J connectivity index is 1.77. The van der Waals surface area contributed by atoms with Crippen molar-refractivity contribution in [3.05, 3.63) is 54.0 Å². The molecule has 23 heavy (non-hydrogen) atoms. The van der Waals surface area contributed by atoms with Crippen LogP contribution in [0.5, 0.6) is 0 Å². The van der Waals surface area contributed by atoms with Gasteiger partial charge in [-0.2, -0.15) is 0 Å². The molecule has 1 unspecified atom stereocenters. The fourth-order valence-corrected chi connectivity index (χ4v) is 2.77. The van der Waals surface area contributed by atoms with Gasteiger partial charge in [0.25, 0.3) is 5.91 Å². The number of amides is 1. The molecule has 0 aliphatic carbocycles. The van der Waals surface area contributed by atoms with Crippen molar-refractivity contribution in [3.63, 3.8) is 0 Å². The molecule has 0 radical (unpaired) electrons. The van der Waals surface area contributed by atoms with Crippen molar-refractivity contribution in [1.29, 1.82) is 0 Å². The molecule has 0 spiro atoms. The maximum Gasteiger partial charge on any atom is 0.291 e. The summed E-state index contributed by atoms with van der Waals surface area (Å²) in [6, 6.07) is 6.13. The Morgan fingerprint density at radius 3 is 3.04 bits per heavy atom. The van der Waals surface area contributed by atoms with Gasteiger partial charge < -0.3 is 19.2 Å². The lowest BCUT2D eigenvalue weighted by molar-refractivity contribution is -0.124. The second-order valence-corrected chi connectivity index (χ2v) is 5.59. The molecular formula is C16H17FN2O4. The molecule has 1 N–H and O–H groups in total. The zero-order valence-electron chi connectivity index (χ0n) is 12.4. The molecule has 2 heterocycles. The first-order chi connectivity index (χ1) is 11.1. The molecule has 1 aliphatic heterocycles. The maximum absolute atomic E-state index is 13.4. The summed E-state index contributed by atoms with van der Waals surface area (Å²) in [7, 11) is 0. The average Bonchev–Trinajstić information content (AvgIpc) is 3.09. The minimum absolute atomic E-state index is 0.143. The number of benzene rings is 1. The third kappa shape index (κ3) is 3.40. The van der Waals surface area contributed by atoms with Gasteiger partial charge in [0.1, 0.15) is 11.4 Å². The number of aromatic nitrogens is 1. The molecule has 7 heteroatoms. The molecule has 1 aromatic heterocycles. The number of ether oxygens (including phenoxy) is 1. The van der Waals surface area contributed by atoms with E-state index < -0.39 is 5.60 Å². The predicted octanol–water partition coefficient (Wildman–Crippen LogP) is 1.26. The van der Waals surface area contributed by atoms with Crippen LogP contribution in [0, 0.1) is 5.82 Å². The molecule has 1 amide bonds. The van der Waals surface area contributed by atoms with Gasteiger partial charge in [-0.25, -0.2) is 9.37 Å². The first-order valence-corrected chi connectivity index (χ1v) is 7.29. The second kappa shape index (κ2) is 6.47. The summed E-state index contributed by atoms with van der Waals surface area (Å²) >= 11 is 0. The van der Waals surface area contributed by atoms with E-state index >= 15 is 0 Å². The van der Waals surface area contributed by atoms with Crippen molar-refractivity contribution in [3.8, 4) is 0 Å². The van der Waals surface area contributed by atoms with E-state index in [2.05, 4.69) is 4.98 Å². The monoisotopic (exact) mass is 320 g/mol. The van der Waals surface area contributed by atoms with Gasteiger partial charge in [-0.3, -0.25) is 4.79 Å². The average molecular weight is 320 g/mol. The molecule has 1 aliphatic rings. The zero-order valence-corrected chi connectivity index (χ0v) is 12.4. The first-order valence-electron chi connectivity index (χ1n) is 7.29. The smallest absolute Gasteiger partial charge is 0.291 e. The number of hydrogen-bond acceptors (Lipinski definition) is 5. The Hall–Kier alpha value is -2.25. The van der Waals surface area contributed by atoms with Crippen LogP contribution in [-0.4, -0.2) is 52.8 Å². The van der Waals surface area contributed by atoms with Crippen molar-refractivity contribution in [2.45, 2.75) is 12.0 Å². The SMILES string of the molecule is O=C(c1cnco1)N1CCOC(CO)(Cc2cccc(F)c2)C1. The molecule has 1 saturated heterocycles. The van der Waals surface area contributed by atoms with Gasteiger partial charge >= 0.3 is 0 Å². The third-order valence-corrected chi connectivity index (χ3v) is 3.88. The van der Waals surface area contributed by atoms with Gasteiger partial charge in [0.2, 0.25) is 5.76 Å². The van der Waals surface area contributed by atoms with Crippen LogP contribution in [-0.2, 0) is 11.2 Å². The predicted molar refractivity (Wildman–Crippen MR) is 78.3 cm³/mol. The summed E-state index contributed by atoms with van der Waals surface area (Å²) in [6.07, 6.45) is 2.85. The molecule has 0 bridgehead atoms. The van der Waals surface area contributed by atoms with E-state index in [1.165, 1.54) is 24.7 Å². The van der Waals surface area contributed by atoms with Gasteiger partial charge in [-0.1, -0.05) is 12.1 Å². The Kier molecular flexibility index (Phi) is 4.40. The minimum Gasteiger partial charge on any atom is -0.438 e. The van der Waals surface area contributed by atoms with E-state index in [9.17, 15) is 14.3 Å². The number of aliphatic hydroxyl groups excluding tert-OH is 1. The summed E-state index contributed by atoms with van der Waals surface area (Å²) in [5, 5.41) is 9.81. The van der Waals surface area contributed by atoms with E-state index in [1.807, 2.05) is 0 Å². The van der Waals surface area contributed by atoms with Crippen LogP contribution < -0.4 is 0 Å². The normalized spacial score (nSPS) is 21.4. The summed E-state index contributed by atoms with van der Waals surface area (Å²) in [6.45, 7) is 0.601. The Morgan fingerprint density at radius 2 is 2.35 bits per heavy atom. The molecule has 122 valence electrons. The number of aliphatic hydroxyl groups is 1. The summed E-state index contributed by atoms with van der Waals surface area (Å²) in [5.41, 5.74) is -0.255. The van der Waals surface area contributed by atoms with Crippen LogP contribution in [0.25, 0.3) is 0 Å². The van der Waals surface area contributed by atoms with E-state index in [-0.39, 0.29) is 37.2 Å². The van der Waals surface area contributed by atoms with E-state index in [0.717, 1.165) is 0 Å². The van der Waals surface area contributed by atoms with Crippen LogP contribution in [0.2, 0.25) is 0 Å². The van der Waals surface area contributed by atoms with Crippen LogP contribution in [0.15, 0.2) is 41.3 Å². The van der Waals surface area contributed by atoms with Crippen LogP contribution in [0.4, 0.5) is 4.39 Å². The Bertz CT molecular complexity index is 676. The lowest BCUT2D eigenvalue weighted by atomic mass is 9.93. The van der Waals surface area contributed by atoms with Gasteiger partial charge in [0.15, 0.2) is 6.39 Å². The van der Waals surface area contributed by atoms with Gasteiger partial charge in [-0.05, 0) is 17.7 Å². The van der Waals surface area contributed by atoms with E-state index in [1.54, 1.807) is 17.0 Å². The summed E-state index contributed by atoms with van der Waals surface area (Å²) in [4.78, 5) is 17.7. The highest BCUT2D eigenvalue weighted by Gasteiger charge is 2.39. The number of oxazole rings is 1. The molecule has 3 rings (SSSR count). The van der Waals surface area contributed by atoms with Crippen LogP contribution in [0.1, 0.15) is 16.1 Å². The number of nitrogens with zero attached hydrogens (tertiary/aromatic N) is 2. The standard InChI is InChI=1S/C16H17FN2O4/c17-13-3-1-2-12(6-13)7-16(10-20)9-19(4-5-23-16)15(21)14-8-18-11-22-14/h1-3,6,8,11,20H,4-5,7,9-10H2. The molecule has 1 aromatic carbocycles. The van der Waals surface area contributed by atoms with E-state index in [4.69, 9.17) is 9.15 Å². The quantitative estimate of drug-likeness (QED) is 0.918. The van der Waals surface area contributed by atoms with Crippen molar-refractivity contribution < 1.29 is 23.4 Å². The highest BCUT2D eigenvalue weighted by atomic mass is 19.1. The van der Waals surface area contributed by atoms with Gasteiger partial charge in [0, 0.05) is 13.0 Å². The van der Waals surface area contributed by atoms with Crippen molar-refractivity contribution in [2.24, 2.45) is 0 Å². The van der Waals surface area contributed by atoms with Crippen molar-refractivity contribution in [2.75, 3.05) is 26.3 Å². The number of carbonyl (C=O) groups excluding carboxylic acids is 1. The zero-order chi connectivity index (χ0) is 16.3. The number of rotatable bonds is 4. The molecule has 0 saturated carbocycles. The second-order valence-electron chi connectivity index (χ2n) is 5.59. The molecular weight excluding hydrogens is 303 g/mol. The lowest BCUT2D eigenvalue weighted by Crippen LogP contribution is -2.56. The highest BCUT2D eigenvalue weighted by molar-refractivity contribution is 5.91. The lowest BCUT2D eigenvalue weighted by Gasteiger charge is -2.41. The maximum atomic E-state index is 13.4. The fraction of sp³-hybridized carbons (Fsp3) is 0.375. The molecule has 1 atom stereocenters. The van der Waals surface area contributed by atoms with Gasteiger partial charge in [0.05, 0.1) is 26.0 Å². The largest absolute Gasteiger partial charge is 0.438 e. The van der Waals surface area contributed by atoms with Crippen molar-refractivity contribution in [1.82, 2.24) is 9.88 Å². The molecule has 2 aromatic rings. The molecule has 1 fully saturated rings. The number of morpholine rings is 1. The van der Waals surface area contributed by atoms with Gasteiger partial charge in [-0.15, -0.1) is 0 Å². The fourth-order valence-electron chi connectivity index (χ4n) is 2.77. The third-order valence-electron chi connectivity index (χ3n) is 3.88. The first kappa shape index (κ1) is 15.6. The van der Waals surface area contributed by atoms with Crippen molar-refractivity contribution >= 4 is 5.91 Å². The van der Waals surface area contributed by atoms with Crippen LogP contribution >= 0.6 is 0 Å². The molecule has 6 nitrogen and oxygen atoms in total. The Labute approximate surface area is 132 Å².